The molecule has 11 heteroatoms. The molecule has 1 aromatic heterocycles. The van der Waals surface area contributed by atoms with Gasteiger partial charge in [0.05, 0.1) is 11.5 Å². The standard InChI is InChI=1S/C19H21F3N4O2S.ClH/c20-19(21,22)17-15(13-25-8-10-29(27,28)11-9-25)12-23-18(24-17)26-7-3-5-14-4-1-2-6-16(14)26;/h1-2,4,6,12H,3,5,7-11,13H2;1H. The highest BCUT2D eigenvalue weighted by Crippen LogP contribution is 2.35. The zero-order chi connectivity index (χ0) is 20.6. The molecule has 0 atom stereocenters. The Hall–Kier alpha value is -1.91. The van der Waals surface area contributed by atoms with E-state index in [1.54, 1.807) is 9.80 Å². The van der Waals surface area contributed by atoms with Gasteiger partial charge in [-0.1, -0.05) is 18.2 Å². The van der Waals surface area contributed by atoms with Crippen molar-refractivity contribution in [2.75, 3.05) is 36.0 Å². The molecule has 30 heavy (non-hydrogen) atoms. The van der Waals surface area contributed by atoms with E-state index in [1.165, 1.54) is 6.20 Å². The topological polar surface area (TPSA) is 66.4 Å². The first kappa shape index (κ1) is 22.8. The van der Waals surface area contributed by atoms with Crippen LogP contribution in [0.4, 0.5) is 24.8 Å². The number of hydrogen-bond donors (Lipinski definition) is 0. The molecule has 164 valence electrons. The Kier molecular flexibility index (Phi) is 6.59. The van der Waals surface area contributed by atoms with Gasteiger partial charge in [-0.3, -0.25) is 4.90 Å². The van der Waals surface area contributed by atoms with Crippen molar-refractivity contribution in [2.24, 2.45) is 0 Å². The van der Waals surface area contributed by atoms with Crippen LogP contribution < -0.4 is 4.90 Å². The van der Waals surface area contributed by atoms with Crippen molar-refractivity contribution < 1.29 is 21.6 Å². The van der Waals surface area contributed by atoms with E-state index in [0.29, 0.717) is 6.54 Å². The quantitative estimate of drug-likeness (QED) is 0.697. The molecular weight excluding hydrogens is 441 g/mol. The smallest absolute Gasteiger partial charge is 0.310 e. The fourth-order valence-corrected chi connectivity index (χ4v) is 5.06. The van der Waals surface area contributed by atoms with Crippen LogP contribution in [0.25, 0.3) is 0 Å². The summed E-state index contributed by atoms with van der Waals surface area (Å²) in [5.41, 5.74) is 0.903. The third-order valence-corrected chi connectivity index (χ3v) is 6.91. The second kappa shape index (κ2) is 8.68. The van der Waals surface area contributed by atoms with Crippen molar-refractivity contribution in [2.45, 2.75) is 25.6 Å². The number of para-hydroxylation sites is 1. The molecule has 2 aromatic rings. The molecule has 1 fully saturated rings. The number of nitrogens with zero attached hydrogens (tertiary/aromatic N) is 4. The SMILES string of the molecule is Cl.O=S1(=O)CCN(Cc2cnc(N3CCCc4ccccc43)nc2C(F)(F)F)CC1. The number of anilines is 2. The number of hydrogen-bond acceptors (Lipinski definition) is 6. The molecule has 0 saturated carbocycles. The number of rotatable bonds is 3. The maximum Gasteiger partial charge on any atom is 0.433 e. The molecule has 0 amide bonds. The molecule has 0 unspecified atom stereocenters. The largest absolute Gasteiger partial charge is 0.433 e. The van der Waals surface area contributed by atoms with Gasteiger partial charge in [0.25, 0.3) is 0 Å². The summed E-state index contributed by atoms with van der Waals surface area (Å²) in [5, 5.41) is 0. The third kappa shape index (κ3) is 4.87. The lowest BCUT2D eigenvalue weighted by Crippen LogP contribution is -2.40. The lowest BCUT2D eigenvalue weighted by molar-refractivity contribution is -0.142. The van der Waals surface area contributed by atoms with Gasteiger partial charge >= 0.3 is 6.18 Å². The summed E-state index contributed by atoms with van der Waals surface area (Å²) in [4.78, 5) is 11.6. The summed E-state index contributed by atoms with van der Waals surface area (Å²) in [6.45, 7) is 0.945. The maximum atomic E-state index is 13.7. The molecule has 0 bridgehead atoms. The Labute approximate surface area is 179 Å². The van der Waals surface area contributed by atoms with Crippen LogP contribution >= 0.6 is 12.4 Å². The Morgan fingerprint density at radius 1 is 1.07 bits per heavy atom. The van der Waals surface area contributed by atoms with Crippen LogP contribution in [0.3, 0.4) is 0 Å². The van der Waals surface area contributed by atoms with Gasteiger partial charge in [0, 0.05) is 43.6 Å². The van der Waals surface area contributed by atoms with Crippen LogP contribution in [0.15, 0.2) is 30.5 Å². The molecule has 0 spiro atoms. The predicted molar refractivity (Wildman–Crippen MR) is 110 cm³/mol. The van der Waals surface area contributed by atoms with Crippen LogP contribution in [0, 0.1) is 0 Å². The highest BCUT2D eigenvalue weighted by Gasteiger charge is 2.37. The molecule has 4 rings (SSSR count). The van der Waals surface area contributed by atoms with Gasteiger partial charge in [0.15, 0.2) is 15.5 Å². The van der Waals surface area contributed by atoms with Gasteiger partial charge in [-0.25, -0.2) is 18.4 Å². The van der Waals surface area contributed by atoms with Crippen molar-refractivity contribution in [1.82, 2.24) is 14.9 Å². The summed E-state index contributed by atoms with van der Waals surface area (Å²) in [7, 11) is -3.10. The molecule has 0 N–H and O–H groups in total. The van der Waals surface area contributed by atoms with E-state index in [1.807, 2.05) is 24.3 Å². The maximum absolute atomic E-state index is 13.7. The van der Waals surface area contributed by atoms with E-state index >= 15 is 0 Å². The molecular formula is C19H22ClF3N4O2S. The lowest BCUT2D eigenvalue weighted by atomic mass is 10.0. The zero-order valence-electron chi connectivity index (χ0n) is 16.1. The van der Waals surface area contributed by atoms with E-state index in [0.717, 1.165) is 24.1 Å². The number of alkyl halides is 3. The van der Waals surface area contributed by atoms with E-state index < -0.39 is 21.7 Å². The number of aryl methyl sites for hydroxylation is 1. The minimum atomic E-state index is -4.62. The number of fused-ring (bicyclic) bond motifs is 1. The minimum absolute atomic E-state index is 0. The first-order chi connectivity index (χ1) is 13.7. The summed E-state index contributed by atoms with van der Waals surface area (Å²) in [6, 6.07) is 7.59. The molecule has 2 aliphatic heterocycles. The van der Waals surface area contributed by atoms with Crippen LogP contribution in [-0.2, 0) is 29.0 Å². The second-order valence-corrected chi connectivity index (χ2v) is 9.66. The molecule has 0 aliphatic carbocycles. The number of sulfone groups is 1. The van der Waals surface area contributed by atoms with Crippen LogP contribution in [0.1, 0.15) is 23.2 Å². The van der Waals surface area contributed by atoms with Crippen molar-refractivity contribution >= 4 is 33.9 Å². The summed E-state index contributed by atoms with van der Waals surface area (Å²) >= 11 is 0. The number of benzene rings is 1. The lowest BCUT2D eigenvalue weighted by Gasteiger charge is -2.30. The van der Waals surface area contributed by atoms with E-state index in [-0.39, 0.29) is 55.1 Å². The molecule has 6 nitrogen and oxygen atoms in total. The Balaban J connectivity index is 0.00000256. The average Bonchev–Trinajstić information content (AvgIpc) is 2.69. The third-order valence-electron chi connectivity index (χ3n) is 5.30. The van der Waals surface area contributed by atoms with Gasteiger partial charge in [-0.05, 0) is 24.5 Å². The van der Waals surface area contributed by atoms with E-state index in [4.69, 9.17) is 0 Å². The van der Waals surface area contributed by atoms with Gasteiger partial charge in [0.1, 0.15) is 0 Å². The molecule has 3 heterocycles. The fraction of sp³-hybridized carbons (Fsp3) is 0.474. The first-order valence-corrected chi connectivity index (χ1v) is 11.3. The van der Waals surface area contributed by atoms with Crippen molar-refractivity contribution in [1.29, 1.82) is 0 Å². The molecule has 0 radical (unpaired) electrons. The number of aromatic nitrogens is 2. The summed E-state index contributed by atoms with van der Waals surface area (Å²) in [6.07, 6.45) is -1.71. The highest BCUT2D eigenvalue weighted by molar-refractivity contribution is 7.91. The molecule has 2 aliphatic rings. The Morgan fingerprint density at radius 2 is 1.77 bits per heavy atom. The molecule has 1 saturated heterocycles. The van der Waals surface area contributed by atoms with Crippen molar-refractivity contribution in [3.63, 3.8) is 0 Å². The normalized spacial score (nSPS) is 19.1. The monoisotopic (exact) mass is 462 g/mol. The van der Waals surface area contributed by atoms with Gasteiger partial charge in [-0.15, -0.1) is 12.4 Å². The summed E-state index contributed by atoms with van der Waals surface area (Å²) in [5.74, 6) is -0.0511. The summed E-state index contributed by atoms with van der Waals surface area (Å²) < 4.78 is 64.4. The first-order valence-electron chi connectivity index (χ1n) is 9.44. The van der Waals surface area contributed by atoms with Gasteiger partial charge in [-0.2, -0.15) is 13.2 Å². The predicted octanol–water partition coefficient (Wildman–Crippen LogP) is 3.23. The Bertz CT molecular complexity index is 1000. The van der Waals surface area contributed by atoms with Gasteiger partial charge < -0.3 is 4.90 Å². The second-order valence-electron chi connectivity index (χ2n) is 7.35. The van der Waals surface area contributed by atoms with Gasteiger partial charge in [0.2, 0.25) is 5.95 Å². The van der Waals surface area contributed by atoms with Crippen LogP contribution in [0.2, 0.25) is 0 Å². The Morgan fingerprint density at radius 3 is 2.47 bits per heavy atom. The van der Waals surface area contributed by atoms with E-state index in [2.05, 4.69) is 9.97 Å². The van der Waals surface area contributed by atoms with Crippen molar-refractivity contribution in [3.8, 4) is 0 Å². The van der Waals surface area contributed by atoms with Crippen molar-refractivity contribution in [3.05, 3.63) is 47.3 Å². The minimum Gasteiger partial charge on any atom is -0.310 e. The van der Waals surface area contributed by atoms with Crippen LogP contribution in [0.5, 0.6) is 0 Å². The van der Waals surface area contributed by atoms with E-state index in [9.17, 15) is 21.6 Å². The fourth-order valence-electron chi connectivity index (χ4n) is 3.78. The van der Waals surface area contributed by atoms with Crippen LogP contribution in [-0.4, -0.2) is 54.4 Å². The zero-order valence-corrected chi connectivity index (χ0v) is 17.7. The average molecular weight is 463 g/mol. The highest BCUT2D eigenvalue weighted by atomic mass is 35.5. The molecule has 1 aromatic carbocycles. The number of halogens is 4.